The van der Waals surface area contributed by atoms with Crippen LogP contribution in [0.2, 0.25) is 0 Å². The van der Waals surface area contributed by atoms with Crippen LogP contribution < -0.4 is 0 Å². The van der Waals surface area contributed by atoms with Gasteiger partial charge in [-0.05, 0) is 12.8 Å². The van der Waals surface area contributed by atoms with Gasteiger partial charge in [-0.3, -0.25) is 4.79 Å². The van der Waals surface area contributed by atoms with Crippen molar-refractivity contribution >= 4 is 17.6 Å². The normalized spacial score (nSPS) is 30.6. The fourth-order valence-electron chi connectivity index (χ4n) is 1.36. The minimum atomic E-state index is -0.736. The van der Waals surface area contributed by atoms with E-state index in [9.17, 15) is 4.79 Å². The molecule has 4 heteroatoms. The van der Waals surface area contributed by atoms with Gasteiger partial charge in [-0.15, -0.1) is 11.6 Å². The summed E-state index contributed by atoms with van der Waals surface area (Å²) >= 11 is 5.80. The van der Waals surface area contributed by atoms with Crippen LogP contribution in [0.4, 0.5) is 0 Å². The Morgan fingerprint density at radius 1 is 1.36 bits per heavy atom. The van der Waals surface area contributed by atoms with Gasteiger partial charge < -0.3 is 5.11 Å². The van der Waals surface area contributed by atoms with Gasteiger partial charge in [0.2, 0.25) is 0 Å². The van der Waals surface area contributed by atoms with Crippen molar-refractivity contribution in [3.63, 3.8) is 0 Å². The third-order valence-electron chi connectivity index (χ3n) is 2.00. The van der Waals surface area contributed by atoms with E-state index in [-0.39, 0.29) is 33.0 Å². The zero-order valence-corrected chi connectivity index (χ0v) is 8.53. The van der Waals surface area contributed by atoms with E-state index >= 15 is 0 Å². The fourth-order valence-corrected chi connectivity index (χ4v) is 1.75. The van der Waals surface area contributed by atoms with Gasteiger partial charge in [-0.1, -0.05) is 12.8 Å². The molecule has 11 heavy (non-hydrogen) atoms. The number of hydrogen-bond donors (Lipinski definition) is 1. The number of carboxylic acids is 1. The maximum Gasteiger partial charge on any atom is 0.307 e. The van der Waals surface area contributed by atoms with Gasteiger partial charge in [0.1, 0.15) is 0 Å². The molecule has 62 valence electrons. The Bertz CT molecular complexity index is 140. The van der Waals surface area contributed by atoms with E-state index in [1.807, 2.05) is 0 Å². The molecule has 0 spiro atoms. The molecular weight excluding hydrogens is 199 g/mol. The monoisotopic (exact) mass is 210 g/mol. The van der Waals surface area contributed by atoms with Gasteiger partial charge in [-0.25, -0.2) is 0 Å². The molecular formula is C7H11ClO2Ti. The molecule has 0 aromatic rings. The van der Waals surface area contributed by atoms with Crippen molar-refractivity contribution in [2.45, 2.75) is 31.1 Å². The third kappa shape index (κ3) is 3.14. The third-order valence-corrected chi connectivity index (χ3v) is 2.52. The number of carbonyl (C=O) groups is 1. The standard InChI is InChI=1S/C7H11ClO2.Ti/c8-6-4-2-1-3-5(6)7(9)10;/h5-6H,1-4H2,(H,9,10);. The number of carboxylic acid groups (broad SMARTS) is 1. The van der Waals surface area contributed by atoms with Crippen LogP contribution in [-0.2, 0) is 26.5 Å². The summed E-state index contributed by atoms with van der Waals surface area (Å²) < 4.78 is 0. The largest absolute Gasteiger partial charge is 0.481 e. The van der Waals surface area contributed by atoms with Gasteiger partial charge in [0, 0.05) is 27.1 Å². The Morgan fingerprint density at radius 2 is 1.91 bits per heavy atom. The minimum Gasteiger partial charge on any atom is -0.481 e. The van der Waals surface area contributed by atoms with Crippen LogP contribution in [0, 0.1) is 5.92 Å². The summed E-state index contributed by atoms with van der Waals surface area (Å²) in [5.74, 6) is -1.03. The zero-order valence-electron chi connectivity index (χ0n) is 6.22. The first-order valence-corrected chi connectivity index (χ1v) is 4.02. The maximum absolute atomic E-state index is 10.5. The minimum absolute atomic E-state index is 0. The average Bonchev–Trinajstić information content (AvgIpc) is 1.88. The van der Waals surface area contributed by atoms with E-state index in [1.165, 1.54) is 0 Å². The van der Waals surface area contributed by atoms with E-state index in [1.54, 1.807) is 0 Å². The van der Waals surface area contributed by atoms with Crippen LogP contribution >= 0.6 is 11.6 Å². The van der Waals surface area contributed by atoms with E-state index in [0.717, 1.165) is 25.7 Å². The number of aliphatic carboxylic acids is 1. The zero-order chi connectivity index (χ0) is 7.56. The molecule has 0 aromatic heterocycles. The van der Waals surface area contributed by atoms with Crippen molar-refractivity contribution in [2.75, 3.05) is 0 Å². The molecule has 1 aliphatic rings. The molecule has 0 radical (unpaired) electrons. The predicted molar refractivity (Wildman–Crippen MR) is 39.2 cm³/mol. The van der Waals surface area contributed by atoms with Crippen LogP contribution in [0.3, 0.4) is 0 Å². The fraction of sp³-hybridized carbons (Fsp3) is 0.857. The smallest absolute Gasteiger partial charge is 0.307 e. The molecule has 2 nitrogen and oxygen atoms in total. The molecule has 1 saturated carbocycles. The maximum atomic E-state index is 10.5. The summed E-state index contributed by atoms with van der Waals surface area (Å²) in [5.41, 5.74) is 0. The second kappa shape index (κ2) is 5.18. The van der Waals surface area contributed by atoms with Crippen LogP contribution in [0.15, 0.2) is 0 Å². The molecule has 0 saturated heterocycles. The molecule has 1 aliphatic carbocycles. The summed E-state index contributed by atoms with van der Waals surface area (Å²) in [4.78, 5) is 10.5. The Labute approximate surface area is 86.2 Å². The van der Waals surface area contributed by atoms with E-state index < -0.39 is 5.97 Å². The van der Waals surface area contributed by atoms with Gasteiger partial charge in [0.15, 0.2) is 0 Å². The summed E-state index contributed by atoms with van der Waals surface area (Å²) in [5, 5.41) is 8.49. The Hall–Kier alpha value is 0.474. The van der Waals surface area contributed by atoms with Gasteiger partial charge in [-0.2, -0.15) is 0 Å². The summed E-state index contributed by atoms with van der Waals surface area (Å²) in [6.45, 7) is 0. The number of hydrogen-bond acceptors (Lipinski definition) is 1. The molecule has 1 N–H and O–H groups in total. The molecule has 0 heterocycles. The molecule has 2 atom stereocenters. The molecule has 1 fully saturated rings. The molecule has 0 aromatic carbocycles. The quantitative estimate of drug-likeness (QED) is 0.530. The Morgan fingerprint density at radius 3 is 2.27 bits per heavy atom. The van der Waals surface area contributed by atoms with Crippen molar-refractivity contribution < 1.29 is 31.6 Å². The predicted octanol–water partition coefficient (Wildman–Crippen LogP) is 1.87. The second-order valence-electron chi connectivity index (χ2n) is 2.75. The molecule has 1 rings (SSSR count). The van der Waals surface area contributed by atoms with Crippen molar-refractivity contribution in [3.05, 3.63) is 0 Å². The molecule has 2 unspecified atom stereocenters. The van der Waals surface area contributed by atoms with Crippen molar-refractivity contribution in [2.24, 2.45) is 5.92 Å². The summed E-state index contributed by atoms with van der Waals surface area (Å²) in [6.07, 6.45) is 3.71. The van der Waals surface area contributed by atoms with Crippen LogP contribution in [-0.4, -0.2) is 16.5 Å². The van der Waals surface area contributed by atoms with Gasteiger partial charge in [0.25, 0.3) is 0 Å². The topological polar surface area (TPSA) is 37.3 Å². The average molecular weight is 210 g/mol. The summed E-state index contributed by atoms with van der Waals surface area (Å²) in [7, 11) is 0. The molecule has 0 bridgehead atoms. The molecule has 0 aliphatic heterocycles. The van der Waals surface area contributed by atoms with E-state index in [0.29, 0.717) is 0 Å². The SMILES string of the molecule is O=C(O)C1CCCCC1Cl.[Ti]. The first kappa shape index (κ1) is 11.5. The van der Waals surface area contributed by atoms with Crippen LogP contribution in [0.1, 0.15) is 25.7 Å². The number of rotatable bonds is 1. The van der Waals surface area contributed by atoms with Crippen molar-refractivity contribution in [1.29, 1.82) is 0 Å². The van der Waals surface area contributed by atoms with Crippen molar-refractivity contribution in [1.82, 2.24) is 0 Å². The van der Waals surface area contributed by atoms with Crippen LogP contribution in [0.5, 0.6) is 0 Å². The Balaban J connectivity index is 0.000001000. The van der Waals surface area contributed by atoms with Crippen LogP contribution in [0.25, 0.3) is 0 Å². The van der Waals surface area contributed by atoms with E-state index in [4.69, 9.17) is 16.7 Å². The summed E-state index contributed by atoms with van der Waals surface area (Å²) in [6, 6.07) is 0. The first-order valence-electron chi connectivity index (χ1n) is 3.58. The Kier molecular flexibility index (Phi) is 5.40. The number of halogens is 1. The van der Waals surface area contributed by atoms with Gasteiger partial charge >= 0.3 is 5.97 Å². The number of alkyl halides is 1. The van der Waals surface area contributed by atoms with Crippen molar-refractivity contribution in [3.8, 4) is 0 Å². The van der Waals surface area contributed by atoms with Gasteiger partial charge in [0.05, 0.1) is 5.92 Å². The van der Waals surface area contributed by atoms with E-state index in [2.05, 4.69) is 0 Å². The first-order chi connectivity index (χ1) is 4.72. The molecule has 0 amide bonds. The second-order valence-corrected chi connectivity index (χ2v) is 3.31.